The fourth-order valence-corrected chi connectivity index (χ4v) is 4.79. The van der Waals surface area contributed by atoms with E-state index in [1.165, 1.54) is 12.5 Å². The summed E-state index contributed by atoms with van der Waals surface area (Å²) in [5, 5.41) is 14.9. The Morgan fingerprint density at radius 2 is 2.04 bits per heavy atom. The highest BCUT2D eigenvalue weighted by atomic mass is 32.1. The summed E-state index contributed by atoms with van der Waals surface area (Å²) in [6, 6.07) is 7.44. The third-order valence-corrected chi connectivity index (χ3v) is 6.22. The van der Waals surface area contributed by atoms with Crippen LogP contribution in [0.4, 0.5) is 5.82 Å². The normalized spacial score (nSPS) is 20.5. The van der Waals surface area contributed by atoms with E-state index in [4.69, 9.17) is 0 Å². The van der Waals surface area contributed by atoms with Crippen molar-refractivity contribution in [3.63, 3.8) is 0 Å². The number of thiophene rings is 2. The number of carbonyl (C=O) groups is 1. The van der Waals surface area contributed by atoms with Gasteiger partial charge in [0.1, 0.15) is 12.2 Å². The predicted molar refractivity (Wildman–Crippen MR) is 96.9 cm³/mol. The maximum Gasteiger partial charge on any atom is 0.381 e. The summed E-state index contributed by atoms with van der Waals surface area (Å²) in [5.41, 5.74) is 1.02. The molecule has 0 unspecified atom stereocenters. The second-order valence-corrected chi connectivity index (χ2v) is 7.68. The number of ketones is 1. The third kappa shape index (κ3) is 2.94. The first kappa shape index (κ1) is 15.9. The smallest absolute Gasteiger partial charge is 0.358 e. The van der Waals surface area contributed by atoms with Gasteiger partial charge in [-0.25, -0.2) is 0 Å². The Morgan fingerprint density at radius 1 is 1.24 bits per heavy atom. The van der Waals surface area contributed by atoms with Gasteiger partial charge in [0.25, 0.3) is 0 Å². The maximum absolute atomic E-state index is 12.9. The van der Waals surface area contributed by atoms with Crippen LogP contribution < -0.4 is 0 Å². The Hall–Kier alpha value is -2.58. The van der Waals surface area contributed by atoms with Crippen LogP contribution in [0.2, 0.25) is 0 Å². The van der Waals surface area contributed by atoms with Crippen molar-refractivity contribution >= 4 is 39.8 Å². The lowest BCUT2D eigenvalue weighted by molar-refractivity contribution is -0.389. The van der Waals surface area contributed by atoms with Crippen LogP contribution in [0.1, 0.15) is 28.1 Å². The molecular formula is C17H13N3O3S2. The topological polar surface area (TPSA) is 78.0 Å². The lowest BCUT2D eigenvalue weighted by Crippen LogP contribution is -2.27. The van der Waals surface area contributed by atoms with Gasteiger partial charge in [0.05, 0.1) is 0 Å². The molecule has 6 nitrogen and oxygen atoms in total. The minimum absolute atomic E-state index is 0.0552. The molecule has 126 valence electrons. The molecular weight excluding hydrogens is 358 g/mol. The average Bonchev–Trinajstić information content (AvgIpc) is 3.34. The van der Waals surface area contributed by atoms with Crippen molar-refractivity contribution in [2.45, 2.75) is 18.4 Å². The van der Waals surface area contributed by atoms with E-state index in [1.54, 1.807) is 33.3 Å². The number of nitrogens with zero attached hydrogens (tertiary/aromatic N) is 3. The number of carbonyl (C=O) groups excluding carboxylic acids is 1. The number of imidazole rings is 1. The molecule has 25 heavy (non-hydrogen) atoms. The highest BCUT2D eigenvalue weighted by molar-refractivity contribution is 7.11. The number of hydrogen-bond donors (Lipinski definition) is 0. The van der Waals surface area contributed by atoms with Crippen molar-refractivity contribution in [2.75, 3.05) is 0 Å². The summed E-state index contributed by atoms with van der Waals surface area (Å²) >= 11 is 3.21. The Bertz CT molecular complexity index is 942. The first-order chi connectivity index (χ1) is 12.1. The van der Waals surface area contributed by atoms with E-state index in [1.807, 2.05) is 35.0 Å². The van der Waals surface area contributed by atoms with Crippen molar-refractivity contribution in [3.05, 3.63) is 73.5 Å². The molecule has 2 atom stereocenters. The monoisotopic (exact) mass is 371 g/mol. The van der Waals surface area contributed by atoms with E-state index in [2.05, 4.69) is 4.98 Å². The lowest BCUT2D eigenvalue weighted by Gasteiger charge is -2.29. The van der Waals surface area contributed by atoms with Crippen molar-refractivity contribution in [1.29, 1.82) is 0 Å². The van der Waals surface area contributed by atoms with E-state index in [0.29, 0.717) is 6.42 Å². The van der Waals surface area contributed by atoms with E-state index in [-0.39, 0.29) is 17.5 Å². The van der Waals surface area contributed by atoms with Gasteiger partial charge in [-0.15, -0.1) is 22.7 Å². The van der Waals surface area contributed by atoms with E-state index in [0.717, 1.165) is 15.3 Å². The van der Waals surface area contributed by atoms with E-state index >= 15 is 0 Å². The highest BCUT2D eigenvalue weighted by Gasteiger charge is 2.36. The molecule has 0 spiro atoms. The zero-order chi connectivity index (χ0) is 17.4. The Morgan fingerprint density at radius 3 is 2.68 bits per heavy atom. The summed E-state index contributed by atoms with van der Waals surface area (Å²) in [7, 11) is 0. The highest BCUT2D eigenvalue weighted by Crippen LogP contribution is 2.44. The van der Waals surface area contributed by atoms with Crippen LogP contribution in [0.25, 0.3) is 5.57 Å². The standard InChI is InChI=1S/C17H13N3O3S2/c21-13-8-11(14-3-1-5-24-14)7-12(15-4-2-6-25-15)17(13)19-9-16(18-10-19)20(22)23/h1-6,8-10,12,17H,7H2/t12-,17-/m1/s1. The molecule has 0 saturated carbocycles. The van der Waals surface area contributed by atoms with Gasteiger partial charge in [-0.3, -0.25) is 9.36 Å². The van der Waals surface area contributed by atoms with E-state index < -0.39 is 11.0 Å². The zero-order valence-corrected chi connectivity index (χ0v) is 14.6. The summed E-state index contributed by atoms with van der Waals surface area (Å²) < 4.78 is 1.58. The van der Waals surface area contributed by atoms with Crippen LogP contribution >= 0.6 is 22.7 Å². The zero-order valence-electron chi connectivity index (χ0n) is 12.9. The van der Waals surface area contributed by atoms with Crippen LogP contribution in [0.15, 0.2) is 53.6 Å². The van der Waals surface area contributed by atoms with Gasteiger partial charge in [0, 0.05) is 15.7 Å². The molecule has 8 heteroatoms. The molecule has 0 saturated heterocycles. The number of aromatic nitrogens is 2. The van der Waals surface area contributed by atoms with Gasteiger partial charge < -0.3 is 10.1 Å². The van der Waals surface area contributed by atoms with Crippen molar-refractivity contribution < 1.29 is 9.72 Å². The Kier molecular flexibility index (Phi) is 4.06. The van der Waals surface area contributed by atoms with Crippen LogP contribution in [-0.2, 0) is 4.79 Å². The molecule has 0 aromatic carbocycles. The first-order valence-corrected chi connectivity index (χ1v) is 9.39. The molecule has 3 aromatic heterocycles. The summed E-state index contributed by atoms with van der Waals surface area (Å²) in [4.78, 5) is 29.3. The van der Waals surface area contributed by atoms with Gasteiger partial charge in [-0.2, -0.15) is 0 Å². The minimum Gasteiger partial charge on any atom is -0.358 e. The van der Waals surface area contributed by atoms with Gasteiger partial charge in [-0.05, 0) is 50.9 Å². The lowest BCUT2D eigenvalue weighted by atomic mass is 9.82. The molecule has 0 N–H and O–H groups in total. The van der Waals surface area contributed by atoms with Gasteiger partial charge in [0.2, 0.25) is 6.33 Å². The molecule has 0 bridgehead atoms. The van der Waals surface area contributed by atoms with E-state index in [9.17, 15) is 14.9 Å². The molecule has 0 aliphatic heterocycles. The number of rotatable bonds is 4. The molecule has 0 fully saturated rings. The third-order valence-electron chi connectivity index (χ3n) is 4.27. The summed E-state index contributed by atoms with van der Waals surface area (Å²) in [6.45, 7) is 0. The molecule has 4 rings (SSSR count). The van der Waals surface area contributed by atoms with Crippen molar-refractivity contribution in [3.8, 4) is 0 Å². The van der Waals surface area contributed by atoms with Crippen molar-refractivity contribution in [1.82, 2.24) is 9.55 Å². The second kappa shape index (κ2) is 6.38. The number of allylic oxidation sites excluding steroid dienone is 2. The number of nitro groups is 1. The summed E-state index contributed by atoms with van der Waals surface area (Å²) in [5.74, 6) is -0.366. The summed E-state index contributed by atoms with van der Waals surface area (Å²) in [6.07, 6.45) is 5.11. The first-order valence-electron chi connectivity index (χ1n) is 7.63. The average molecular weight is 371 g/mol. The largest absolute Gasteiger partial charge is 0.381 e. The van der Waals surface area contributed by atoms with Gasteiger partial charge in [0.15, 0.2) is 5.78 Å². The Balaban J connectivity index is 1.77. The molecule has 0 radical (unpaired) electrons. The molecule has 0 amide bonds. The van der Waals surface area contributed by atoms with Crippen molar-refractivity contribution in [2.24, 2.45) is 0 Å². The predicted octanol–water partition coefficient (Wildman–Crippen LogP) is 4.30. The molecule has 1 aliphatic rings. The minimum atomic E-state index is -0.545. The molecule has 3 aromatic rings. The maximum atomic E-state index is 12.9. The Labute approximate surface area is 151 Å². The fourth-order valence-electron chi connectivity index (χ4n) is 3.18. The van der Waals surface area contributed by atoms with Gasteiger partial charge in [-0.1, -0.05) is 12.1 Å². The SMILES string of the molecule is O=C1C=C(c2cccs2)C[C@H](c2cccs2)[C@H]1n1cnc([N+](=O)[O-])c1. The van der Waals surface area contributed by atoms with Crippen LogP contribution in [0.3, 0.4) is 0 Å². The second-order valence-electron chi connectivity index (χ2n) is 5.76. The van der Waals surface area contributed by atoms with Gasteiger partial charge >= 0.3 is 5.82 Å². The van der Waals surface area contributed by atoms with Crippen LogP contribution in [0, 0.1) is 10.1 Å². The molecule has 1 aliphatic carbocycles. The van der Waals surface area contributed by atoms with Crippen LogP contribution in [-0.4, -0.2) is 20.3 Å². The number of hydrogen-bond acceptors (Lipinski definition) is 6. The molecule has 3 heterocycles. The van der Waals surface area contributed by atoms with Crippen LogP contribution in [0.5, 0.6) is 0 Å². The fraction of sp³-hybridized carbons (Fsp3) is 0.176. The quantitative estimate of drug-likeness (QED) is 0.506.